The van der Waals surface area contributed by atoms with Gasteiger partial charge in [-0.05, 0) is 37.1 Å². The van der Waals surface area contributed by atoms with Gasteiger partial charge < -0.3 is 20.7 Å². The molecule has 0 aliphatic carbocycles. The zero-order valence-corrected chi connectivity index (χ0v) is 26.1. The summed E-state index contributed by atoms with van der Waals surface area (Å²) >= 11 is 0.669. The SMILES string of the molecule is CC(=O)NCCN(C)c1nc(OCC23CCCN2CC(F)C3)nc2c(F)c(-c3ccc(F)c4sc(N)c(C#N)c34)c(C(F)(F)F)cc12. The lowest BCUT2D eigenvalue weighted by Gasteiger charge is -2.31. The number of nitrogen functional groups attached to an aromatic ring is 1. The molecule has 2 fully saturated rings. The lowest BCUT2D eigenvalue weighted by atomic mass is 9.92. The number of fused-ring (bicyclic) bond motifs is 3. The van der Waals surface area contributed by atoms with Crippen LogP contribution in [0.1, 0.15) is 37.3 Å². The molecule has 2 unspecified atom stereocenters. The number of aromatic nitrogens is 2. The zero-order valence-electron chi connectivity index (χ0n) is 25.3. The Morgan fingerprint density at radius 2 is 2.09 bits per heavy atom. The van der Waals surface area contributed by atoms with Crippen molar-refractivity contribution in [1.82, 2.24) is 20.2 Å². The molecule has 3 N–H and O–H groups in total. The fourth-order valence-corrected chi connectivity index (χ4v) is 7.64. The number of anilines is 2. The molecule has 2 aliphatic rings. The number of likely N-dealkylation sites (N-methyl/N-ethyl adjacent to an activating group) is 1. The summed E-state index contributed by atoms with van der Waals surface area (Å²) in [6.07, 6.45) is -4.46. The highest BCUT2D eigenvalue weighted by molar-refractivity contribution is 7.23. The normalized spacial score (nSPS) is 19.7. The molecular formula is C31H29F6N7O2S. The molecule has 2 aromatic heterocycles. The van der Waals surface area contributed by atoms with Crippen molar-refractivity contribution in [2.24, 2.45) is 0 Å². The Morgan fingerprint density at radius 1 is 1.32 bits per heavy atom. The molecule has 0 spiro atoms. The van der Waals surface area contributed by atoms with Crippen LogP contribution in [0.2, 0.25) is 0 Å². The Hall–Kier alpha value is -4.36. The molecule has 2 aromatic carbocycles. The molecule has 2 atom stereocenters. The number of amides is 1. The highest BCUT2D eigenvalue weighted by Crippen LogP contribution is 2.48. The molecule has 16 heteroatoms. The monoisotopic (exact) mass is 677 g/mol. The number of halogens is 6. The number of rotatable bonds is 8. The standard InChI is InChI=1S/C31H29F6N7O2S/c1-15(45)40-7-9-43(2)28-18-10-20(31(35,36)37)23(17-4-5-21(33)26-22(17)19(12-38)27(39)47-26)24(34)25(18)41-29(42-28)46-14-30-6-3-8-44(30)13-16(32)11-30/h4-5,10,16H,3,6-9,11,13-14,39H2,1-2H3,(H,40,45). The van der Waals surface area contributed by atoms with E-state index in [9.17, 15) is 32.0 Å². The molecule has 9 nitrogen and oxygen atoms in total. The Morgan fingerprint density at radius 3 is 2.79 bits per heavy atom. The summed E-state index contributed by atoms with van der Waals surface area (Å²) in [5, 5.41) is 11.7. The fourth-order valence-electron chi connectivity index (χ4n) is 6.70. The maximum atomic E-state index is 16.8. The number of nitrogens with two attached hydrogens (primary N) is 1. The van der Waals surface area contributed by atoms with Crippen molar-refractivity contribution in [3.8, 4) is 23.2 Å². The Bertz CT molecular complexity index is 1940. The van der Waals surface area contributed by atoms with Gasteiger partial charge in [-0.3, -0.25) is 9.69 Å². The number of ether oxygens (including phenoxy) is 1. The molecular weight excluding hydrogens is 648 g/mol. The van der Waals surface area contributed by atoms with Crippen molar-refractivity contribution >= 4 is 49.1 Å². The van der Waals surface area contributed by atoms with Crippen LogP contribution in [0.15, 0.2) is 18.2 Å². The summed E-state index contributed by atoms with van der Waals surface area (Å²) < 4.78 is 96.1. The van der Waals surface area contributed by atoms with Crippen molar-refractivity contribution in [3.63, 3.8) is 0 Å². The van der Waals surface area contributed by atoms with E-state index in [1.165, 1.54) is 18.9 Å². The van der Waals surface area contributed by atoms with E-state index in [-0.39, 0.29) is 82.0 Å². The topological polar surface area (TPSA) is 120 Å². The third kappa shape index (κ3) is 5.75. The third-order valence-electron chi connectivity index (χ3n) is 8.81. The number of thiophene rings is 1. The second kappa shape index (κ2) is 12.0. The van der Waals surface area contributed by atoms with Crippen LogP contribution in [0.4, 0.5) is 37.2 Å². The number of hydrogen-bond acceptors (Lipinski definition) is 9. The number of benzene rings is 2. The first-order chi connectivity index (χ1) is 22.2. The van der Waals surface area contributed by atoms with Gasteiger partial charge >= 0.3 is 12.2 Å². The average Bonchev–Trinajstić information content (AvgIpc) is 3.65. The van der Waals surface area contributed by atoms with Crippen LogP contribution in [0.3, 0.4) is 0 Å². The van der Waals surface area contributed by atoms with Crippen LogP contribution in [0, 0.1) is 23.0 Å². The first-order valence-corrected chi connectivity index (χ1v) is 15.6. The molecule has 1 amide bonds. The minimum absolute atomic E-state index is 0.0264. The van der Waals surface area contributed by atoms with Crippen LogP contribution < -0.4 is 20.7 Å². The Labute approximate surface area is 268 Å². The Balaban J connectivity index is 1.57. The van der Waals surface area contributed by atoms with E-state index >= 15 is 4.39 Å². The van der Waals surface area contributed by atoms with Crippen molar-refractivity contribution in [1.29, 1.82) is 5.26 Å². The molecule has 4 heterocycles. The molecule has 248 valence electrons. The number of carbonyl (C=O) groups is 1. The van der Waals surface area contributed by atoms with Crippen molar-refractivity contribution in [2.45, 2.75) is 44.1 Å². The van der Waals surface area contributed by atoms with Crippen LogP contribution in [-0.2, 0) is 11.0 Å². The molecule has 0 saturated carbocycles. The number of hydrogen-bond donors (Lipinski definition) is 2. The summed E-state index contributed by atoms with van der Waals surface area (Å²) in [7, 11) is 1.51. The van der Waals surface area contributed by atoms with Crippen molar-refractivity contribution in [3.05, 3.63) is 41.0 Å². The smallest absolute Gasteiger partial charge is 0.417 e. The van der Waals surface area contributed by atoms with Gasteiger partial charge in [-0.15, -0.1) is 11.3 Å². The minimum Gasteiger partial charge on any atom is -0.461 e. The number of nitrogens with one attached hydrogen (secondary N) is 1. The quantitative estimate of drug-likeness (QED) is 0.225. The zero-order chi connectivity index (χ0) is 33.8. The van der Waals surface area contributed by atoms with E-state index in [1.807, 2.05) is 4.90 Å². The molecule has 0 bridgehead atoms. The minimum atomic E-state index is -5.11. The van der Waals surface area contributed by atoms with Crippen molar-refractivity contribution < 1.29 is 35.9 Å². The van der Waals surface area contributed by atoms with Gasteiger partial charge in [0.05, 0.1) is 21.4 Å². The van der Waals surface area contributed by atoms with Gasteiger partial charge in [0.25, 0.3) is 0 Å². The van der Waals surface area contributed by atoms with E-state index in [1.54, 1.807) is 6.07 Å². The molecule has 2 saturated heterocycles. The summed E-state index contributed by atoms with van der Waals surface area (Å²) in [6, 6.07) is 4.03. The van der Waals surface area contributed by atoms with Gasteiger partial charge in [0.2, 0.25) is 5.91 Å². The van der Waals surface area contributed by atoms with Gasteiger partial charge in [0.15, 0.2) is 5.82 Å². The summed E-state index contributed by atoms with van der Waals surface area (Å²) in [4.78, 5) is 23.5. The first kappa shape index (κ1) is 32.6. The summed E-state index contributed by atoms with van der Waals surface area (Å²) in [5.41, 5.74) is 1.75. The van der Waals surface area contributed by atoms with E-state index in [2.05, 4.69) is 15.3 Å². The van der Waals surface area contributed by atoms with E-state index < -0.39 is 46.2 Å². The van der Waals surface area contributed by atoms with Gasteiger partial charge in [-0.1, -0.05) is 6.07 Å². The van der Waals surface area contributed by atoms with Crippen LogP contribution >= 0.6 is 11.3 Å². The van der Waals surface area contributed by atoms with Crippen LogP contribution in [0.25, 0.3) is 32.1 Å². The van der Waals surface area contributed by atoms with E-state index in [0.717, 1.165) is 18.6 Å². The highest BCUT2D eigenvalue weighted by atomic mass is 32.1. The Kier molecular flexibility index (Phi) is 8.33. The van der Waals surface area contributed by atoms with Gasteiger partial charge in [-0.25, -0.2) is 13.2 Å². The maximum Gasteiger partial charge on any atom is 0.417 e. The van der Waals surface area contributed by atoms with Gasteiger partial charge in [0.1, 0.15) is 41.0 Å². The predicted molar refractivity (Wildman–Crippen MR) is 165 cm³/mol. The number of nitrogens with zero attached hydrogens (tertiary/aromatic N) is 5. The molecule has 2 aliphatic heterocycles. The highest BCUT2D eigenvalue weighted by Gasteiger charge is 2.49. The molecule has 6 rings (SSSR count). The van der Waals surface area contributed by atoms with Crippen LogP contribution in [0.5, 0.6) is 6.01 Å². The second-order valence-corrected chi connectivity index (χ2v) is 12.9. The van der Waals surface area contributed by atoms with E-state index in [4.69, 9.17) is 10.5 Å². The number of carbonyl (C=O) groups excluding carboxylic acids is 1. The van der Waals surface area contributed by atoms with Crippen LogP contribution in [-0.4, -0.2) is 72.3 Å². The van der Waals surface area contributed by atoms with E-state index in [0.29, 0.717) is 30.4 Å². The molecule has 47 heavy (non-hydrogen) atoms. The average molecular weight is 678 g/mol. The lowest BCUT2D eigenvalue weighted by molar-refractivity contribution is -0.137. The predicted octanol–water partition coefficient (Wildman–Crippen LogP) is 5.79. The molecule has 4 aromatic rings. The number of nitriles is 1. The largest absolute Gasteiger partial charge is 0.461 e. The van der Waals surface area contributed by atoms with Crippen molar-refractivity contribution in [2.75, 3.05) is 50.5 Å². The third-order valence-corrected chi connectivity index (χ3v) is 9.84. The number of alkyl halides is 4. The first-order valence-electron chi connectivity index (χ1n) is 14.7. The summed E-state index contributed by atoms with van der Waals surface area (Å²) in [6.45, 7) is 2.39. The van der Waals surface area contributed by atoms with Gasteiger partial charge in [0, 0.05) is 56.4 Å². The summed E-state index contributed by atoms with van der Waals surface area (Å²) in [5.74, 6) is -2.67. The van der Waals surface area contributed by atoms with Gasteiger partial charge in [-0.2, -0.15) is 28.4 Å². The second-order valence-electron chi connectivity index (χ2n) is 11.9. The molecule has 0 radical (unpaired) electrons. The maximum absolute atomic E-state index is 16.8. The lowest BCUT2D eigenvalue weighted by Crippen LogP contribution is -2.43. The fraction of sp³-hybridized carbons (Fsp3) is 0.419.